The van der Waals surface area contributed by atoms with Crippen molar-refractivity contribution in [1.82, 2.24) is 4.98 Å². The lowest BCUT2D eigenvalue weighted by molar-refractivity contribution is 0.173. The molecule has 0 amide bonds. The van der Waals surface area contributed by atoms with Crippen LogP contribution in [-0.2, 0) is 20.0 Å². The highest BCUT2D eigenvalue weighted by Crippen LogP contribution is 2.37. The summed E-state index contributed by atoms with van der Waals surface area (Å²) in [5, 5.41) is -1.29. The monoisotopic (exact) mass is 361 g/mol. The Morgan fingerprint density at radius 2 is 2.00 bits per heavy atom. The number of fused-ring (bicyclic) bond motifs is 1. The number of ether oxygens (including phenoxy) is 1. The predicted octanol–water partition coefficient (Wildman–Crippen LogP) is 3.29. The molecular weight excluding hydrogens is 345 g/mol. The first-order valence-corrected chi connectivity index (χ1v) is 9.10. The van der Waals surface area contributed by atoms with Gasteiger partial charge in [0.05, 0.1) is 18.2 Å². The van der Waals surface area contributed by atoms with Gasteiger partial charge in [0.1, 0.15) is 21.8 Å². The highest BCUT2D eigenvalue weighted by atomic mass is 35.5. The standard InChI is InChI=1S/C15H17ClFNO4S/c1-15(2,3)14-18-10-5-4-8(16)13(12(10)22-14)23(19,20)11-7-21-6-9(11)17/h4-5,9,11H,6-7H2,1-3H3/t9-,11+/m0/s1. The molecule has 2 atom stereocenters. The van der Waals surface area contributed by atoms with E-state index >= 15 is 0 Å². The summed E-state index contributed by atoms with van der Waals surface area (Å²) in [6, 6.07) is 3.03. The molecule has 23 heavy (non-hydrogen) atoms. The van der Waals surface area contributed by atoms with E-state index in [9.17, 15) is 12.8 Å². The number of sulfone groups is 1. The maximum Gasteiger partial charge on any atom is 0.200 e. The summed E-state index contributed by atoms with van der Waals surface area (Å²) in [6.07, 6.45) is -1.59. The molecule has 1 saturated heterocycles. The van der Waals surface area contributed by atoms with E-state index in [1.54, 1.807) is 6.07 Å². The number of aromatic nitrogens is 1. The van der Waals surface area contributed by atoms with Gasteiger partial charge in [0, 0.05) is 5.41 Å². The smallest absolute Gasteiger partial charge is 0.200 e. The summed E-state index contributed by atoms with van der Waals surface area (Å²) in [5.74, 6) is 0.394. The molecule has 126 valence electrons. The van der Waals surface area contributed by atoms with Crippen LogP contribution in [0.4, 0.5) is 4.39 Å². The molecule has 1 aromatic heterocycles. The van der Waals surface area contributed by atoms with Crippen LogP contribution in [0.1, 0.15) is 26.7 Å². The van der Waals surface area contributed by atoms with Gasteiger partial charge in [0.2, 0.25) is 5.89 Å². The van der Waals surface area contributed by atoms with Crippen molar-refractivity contribution in [2.45, 2.75) is 42.5 Å². The van der Waals surface area contributed by atoms with Gasteiger partial charge in [0.15, 0.2) is 15.4 Å². The molecule has 1 aromatic carbocycles. The van der Waals surface area contributed by atoms with Gasteiger partial charge in [-0.2, -0.15) is 0 Å². The van der Waals surface area contributed by atoms with E-state index in [2.05, 4.69) is 4.98 Å². The summed E-state index contributed by atoms with van der Waals surface area (Å²) < 4.78 is 50.2. The number of halogens is 2. The van der Waals surface area contributed by atoms with Crippen LogP contribution in [0, 0.1) is 0 Å². The molecule has 8 heteroatoms. The molecule has 0 radical (unpaired) electrons. The Kier molecular flexibility index (Phi) is 3.93. The third-order valence-corrected chi connectivity index (χ3v) is 6.38. The molecule has 0 bridgehead atoms. The zero-order valence-corrected chi connectivity index (χ0v) is 14.5. The molecule has 1 aliphatic heterocycles. The van der Waals surface area contributed by atoms with Crippen molar-refractivity contribution in [3.8, 4) is 0 Å². The van der Waals surface area contributed by atoms with Gasteiger partial charge in [-0.3, -0.25) is 0 Å². The molecular formula is C15H17ClFNO4S. The summed E-state index contributed by atoms with van der Waals surface area (Å²) in [5.41, 5.74) is 0.0553. The van der Waals surface area contributed by atoms with Crippen LogP contribution in [-0.4, -0.2) is 38.0 Å². The third-order valence-electron chi connectivity index (χ3n) is 3.75. The molecule has 2 heterocycles. The minimum atomic E-state index is -4.04. The van der Waals surface area contributed by atoms with Crippen LogP contribution in [0.15, 0.2) is 21.4 Å². The first-order valence-electron chi connectivity index (χ1n) is 7.17. The Balaban J connectivity index is 2.24. The molecule has 5 nitrogen and oxygen atoms in total. The van der Waals surface area contributed by atoms with E-state index in [1.165, 1.54) is 6.07 Å². The Hall–Kier alpha value is -1.18. The molecule has 0 saturated carbocycles. The number of rotatable bonds is 2. The average Bonchev–Trinajstić information content (AvgIpc) is 3.03. The van der Waals surface area contributed by atoms with Crippen LogP contribution in [0.3, 0.4) is 0 Å². The minimum Gasteiger partial charge on any atom is -0.439 e. The van der Waals surface area contributed by atoms with Crippen molar-refractivity contribution in [1.29, 1.82) is 0 Å². The van der Waals surface area contributed by atoms with E-state index in [0.29, 0.717) is 11.4 Å². The van der Waals surface area contributed by atoms with Gasteiger partial charge >= 0.3 is 0 Å². The Bertz CT molecular complexity index is 856. The lowest BCUT2D eigenvalue weighted by Gasteiger charge is -2.14. The maximum absolute atomic E-state index is 13.9. The highest BCUT2D eigenvalue weighted by molar-refractivity contribution is 7.92. The lowest BCUT2D eigenvalue weighted by Crippen LogP contribution is -2.30. The maximum atomic E-state index is 13.9. The fourth-order valence-electron chi connectivity index (χ4n) is 2.47. The van der Waals surface area contributed by atoms with E-state index < -0.39 is 26.7 Å². The first-order chi connectivity index (χ1) is 10.6. The number of oxazole rings is 1. The predicted molar refractivity (Wildman–Crippen MR) is 84.4 cm³/mol. The average molecular weight is 362 g/mol. The Labute approximate surface area is 138 Å². The summed E-state index contributed by atoms with van der Waals surface area (Å²) >= 11 is 6.11. The van der Waals surface area contributed by atoms with Crippen molar-refractivity contribution < 1.29 is 22.0 Å². The fraction of sp³-hybridized carbons (Fsp3) is 0.533. The van der Waals surface area contributed by atoms with E-state index in [-0.39, 0.29) is 28.7 Å². The van der Waals surface area contributed by atoms with Gasteiger partial charge < -0.3 is 9.15 Å². The van der Waals surface area contributed by atoms with Gasteiger partial charge in [-0.1, -0.05) is 32.4 Å². The van der Waals surface area contributed by atoms with Crippen LogP contribution in [0.5, 0.6) is 0 Å². The minimum absolute atomic E-state index is 0.00629. The molecule has 0 unspecified atom stereocenters. The molecule has 2 aromatic rings. The molecule has 1 fully saturated rings. The first kappa shape index (κ1) is 16.7. The van der Waals surface area contributed by atoms with Gasteiger partial charge in [0.25, 0.3) is 0 Å². The van der Waals surface area contributed by atoms with Gasteiger partial charge in [-0.15, -0.1) is 0 Å². The van der Waals surface area contributed by atoms with Crippen LogP contribution in [0.2, 0.25) is 5.02 Å². The Morgan fingerprint density at radius 1 is 1.30 bits per heavy atom. The highest BCUT2D eigenvalue weighted by Gasteiger charge is 2.42. The summed E-state index contributed by atoms with van der Waals surface area (Å²) in [6.45, 7) is 5.26. The SMILES string of the molecule is CC(C)(C)c1nc2ccc(Cl)c(S(=O)(=O)[C@@H]3COC[C@@H]3F)c2o1. The summed E-state index contributed by atoms with van der Waals surface area (Å²) in [4.78, 5) is 4.12. The number of alkyl halides is 1. The molecule has 3 rings (SSSR count). The van der Waals surface area contributed by atoms with Gasteiger partial charge in [-0.25, -0.2) is 17.8 Å². The second-order valence-corrected chi connectivity index (χ2v) is 9.14. The Morgan fingerprint density at radius 3 is 2.57 bits per heavy atom. The molecule has 1 aliphatic rings. The van der Waals surface area contributed by atoms with Crippen molar-refractivity contribution in [3.05, 3.63) is 23.0 Å². The largest absolute Gasteiger partial charge is 0.439 e. The molecule has 0 N–H and O–H groups in total. The normalized spacial score (nSPS) is 22.8. The summed E-state index contributed by atoms with van der Waals surface area (Å²) in [7, 11) is -4.04. The van der Waals surface area contributed by atoms with Gasteiger partial charge in [-0.05, 0) is 12.1 Å². The fourth-order valence-corrected chi connectivity index (χ4v) is 4.73. The van der Waals surface area contributed by atoms with Crippen molar-refractivity contribution in [2.75, 3.05) is 13.2 Å². The lowest BCUT2D eigenvalue weighted by atomic mass is 9.97. The van der Waals surface area contributed by atoms with E-state index in [4.69, 9.17) is 20.8 Å². The van der Waals surface area contributed by atoms with Crippen LogP contribution >= 0.6 is 11.6 Å². The molecule has 0 spiro atoms. The van der Waals surface area contributed by atoms with Crippen molar-refractivity contribution in [3.63, 3.8) is 0 Å². The van der Waals surface area contributed by atoms with Crippen LogP contribution in [0.25, 0.3) is 11.1 Å². The van der Waals surface area contributed by atoms with E-state index in [0.717, 1.165) is 0 Å². The number of nitrogens with zero attached hydrogens (tertiary/aromatic N) is 1. The number of hydrogen-bond donors (Lipinski definition) is 0. The topological polar surface area (TPSA) is 69.4 Å². The van der Waals surface area contributed by atoms with Crippen molar-refractivity contribution in [2.24, 2.45) is 0 Å². The van der Waals surface area contributed by atoms with Crippen molar-refractivity contribution >= 4 is 32.5 Å². The van der Waals surface area contributed by atoms with E-state index in [1.807, 2.05) is 20.8 Å². The second kappa shape index (κ2) is 5.43. The third kappa shape index (κ3) is 2.75. The second-order valence-electron chi connectivity index (χ2n) is 6.63. The number of benzene rings is 1. The zero-order valence-electron chi connectivity index (χ0n) is 13.0. The molecule has 0 aliphatic carbocycles. The van der Waals surface area contributed by atoms with Crippen LogP contribution < -0.4 is 0 Å². The quantitative estimate of drug-likeness (QED) is 0.820. The zero-order chi connectivity index (χ0) is 17.0. The number of hydrogen-bond acceptors (Lipinski definition) is 5.